The van der Waals surface area contributed by atoms with Gasteiger partial charge in [-0.05, 0) is 76.6 Å². The third-order valence-electron chi connectivity index (χ3n) is 5.30. The second-order valence-corrected chi connectivity index (χ2v) is 8.43. The SMILES string of the molecule is COC(=O)C(CC(C)C)c1cc(-c2cc(F)cc(F)c2)cc(-c2cc(F)cc(C(F)(F)F)c2)c1. The zero-order chi connectivity index (χ0) is 25.2. The summed E-state index contributed by atoms with van der Waals surface area (Å²) in [7, 11) is 1.21. The van der Waals surface area contributed by atoms with Gasteiger partial charge in [0.25, 0.3) is 0 Å². The second kappa shape index (κ2) is 9.91. The topological polar surface area (TPSA) is 26.3 Å². The van der Waals surface area contributed by atoms with Crippen LogP contribution in [-0.2, 0) is 15.7 Å². The molecule has 2 nitrogen and oxygen atoms in total. The van der Waals surface area contributed by atoms with Crippen LogP contribution in [0.1, 0.15) is 37.3 Å². The smallest absolute Gasteiger partial charge is 0.416 e. The minimum Gasteiger partial charge on any atom is -0.469 e. The number of halogens is 6. The van der Waals surface area contributed by atoms with E-state index in [1.807, 2.05) is 13.8 Å². The van der Waals surface area contributed by atoms with E-state index in [9.17, 15) is 31.1 Å². The number of ether oxygens (including phenoxy) is 1. The number of carbonyl (C=O) groups is 1. The third kappa shape index (κ3) is 5.98. The van der Waals surface area contributed by atoms with E-state index in [0.717, 1.165) is 24.3 Å². The quantitative estimate of drug-likeness (QED) is 0.266. The Bertz CT molecular complexity index is 1180. The molecule has 0 radical (unpaired) electrons. The molecule has 0 bridgehead atoms. The van der Waals surface area contributed by atoms with Crippen LogP contribution in [0.2, 0.25) is 0 Å². The van der Waals surface area contributed by atoms with Gasteiger partial charge in [0.1, 0.15) is 17.5 Å². The molecule has 34 heavy (non-hydrogen) atoms. The summed E-state index contributed by atoms with van der Waals surface area (Å²) in [5, 5.41) is 0. The van der Waals surface area contributed by atoms with E-state index >= 15 is 0 Å². The van der Waals surface area contributed by atoms with Gasteiger partial charge in [-0.25, -0.2) is 13.2 Å². The number of methoxy groups -OCH3 is 1. The molecule has 180 valence electrons. The molecule has 0 saturated carbocycles. The Hall–Kier alpha value is -3.29. The van der Waals surface area contributed by atoms with Gasteiger partial charge in [-0.2, -0.15) is 13.2 Å². The third-order valence-corrected chi connectivity index (χ3v) is 5.30. The zero-order valence-corrected chi connectivity index (χ0v) is 18.6. The van der Waals surface area contributed by atoms with Gasteiger partial charge in [0.05, 0.1) is 18.6 Å². The summed E-state index contributed by atoms with van der Waals surface area (Å²) >= 11 is 0. The molecule has 3 aromatic rings. The first-order valence-electron chi connectivity index (χ1n) is 10.4. The van der Waals surface area contributed by atoms with Crippen LogP contribution in [-0.4, -0.2) is 13.1 Å². The second-order valence-electron chi connectivity index (χ2n) is 8.43. The Morgan fingerprint density at radius 2 is 1.24 bits per heavy atom. The van der Waals surface area contributed by atoms with Crippen molar-refractivity contribution in [2.24, 2.45) is 5.92 Å². The number of carbonyl (C=O) groups excluding carboxylic acids is 1. The number of hydrogen-bond acceptors (Lipinski definition) is 2. The van der Waals surface area contributed by atoms with Crippen molar-refractivity contribution in [1.82, 2.24) is 0 Å². The van der Waals surface area contributed by atoms with Crippen LogP contribution in [0.15, 0.2) is 54.6 Å². The summed E-state index contributed by atoms with van der Waals surface area (Å²) in [6.45, 7) is 3.76. The summed E-state index contributed by atoms with van der Waals surface area (Å²) < 4.78 is 86.7. The Morgan fingerprint density at radius 1 is 0.765 bits per heavy atom. The largest absolute Gasteiger partial charge is 0.469 e. The van der Waals surface area contributed by atoms with E-state index < -0.39 is 41.1 Å². The van der Waals surface area contributed by atoms with Crippen molar-refractivity contribution in [3.63, 3.8) is 0 Å². The molecule has 3 rings (SSSR count). The lowest BCUT2D eigenvalue weighted by Gasteiger charge is -2.20. The van der Waals surface area contributed by atoms with Crippen LogP contribution in [0.4, 0.5) is 26.3 Å². The Kier molecular flexibility index (Phi) is 7.38. The molecule has 8 heteroatoms. The molecule has 0 saturated heterocycles. The number of rotatable bonds is 6. The summed E-state index contributed by atoms with van der Waals surface area (Å²) in [5.74, 6) is -4.11. The van der Waals surface area contributed by atoms with E-state index in [0.29, 0.717) is 24.1 Å². The molecule has 0 amide bonds. The predicted octanol–water partition coefficient (Wildman–Crippen LogP) is 7.76. The van der Waals surface area contributed by atoms with Gasteiger partial charge in [0, 0.05) is 6.07 Å². The van der Waals surface area contributed by atoms with Crippen molar-refractivity contribution >= 4 is 5.97 Å². The lowest BCUT2D eigenvalue weighted by atomic mass is 9.86. The zero-order valence-electron chi connectivity index (χ0n) is 18.6. The number of alkyl halides is 3. The van der Waals surface area contributed by atoms with Crippen molar-refractivity contribution in [2.75, 3.05) is 7.11 Å². The van der Waals surface area contributed by atoms with E-state index in [1.165, 1.54) is 25.3 Å². The number of benzene rings is 3. The molecule has 0 aliphatic rings. The molecule has 0 N–H and O–H groups in total. The van der Waals surface area contributed by atoms with Gasteiger partial charge in [-0.3, -0.25) is 4.79 Å². The van der Waals surface area contributed by atoms with Crippen LogP contribution >= 0.6 is 0 Å². The van der Waals surface area contributed by atoms with Crippen LogP contribution in [0, 0.1) is 23.4 Å². The lowest BCUT2D eigenvalue weighted by Crippen LogP contribution is -2.16. The summed E-state index contributed by atoms with van der Waals surface area (Å²) in [6, 6.07) is 9.31. The Balaban J connectivity index is 2.29. The first-order chi connectivity index (χ1) is 15.9. The highest BCUT2D eigenvalue weighted by Gasteiger charge is 2.32. The van der Waals surface area contributed by atoms with Gasteiger partial charge in [-0.15, -0.1) is 0 Å². The molecule has 0 spiro atoms. The van der Waals surface area contributed by atoms with E-state index in [1.54, 1.807) is 0 Å². The van der Waals surface area contributed by atoms with Crippen LogP contribution in [0.3, 0.4) is 0 Å². The van der Waals surface area contributed by atoms with Crippen molar-refractivity contribution < 1.29 is 35.9 Å². The van der Waals surface area contributed by atoms with Gasteiger partial charge in [0.2, 0.25) is 0 Å². The lowest BCUT2D eigenvalue weighted by molar-refractivity contribution is -0.143. The molecular weight excluding hydrogens is 458 g/mol. The average Bonchev–Trinajstić information content (AvgIpc) is 2.74. The average molecular weight is 480 g/mol. The van der Waals surface area contributed by atoms with Gasteiger partial charge >= 0.3 is 12.1 Å². The summed E-state index contributed by atoms with van der Waals surface area (Å²) in [4.78, 5) is 12.5. The highest BCUT2D eigenvalue weighted by atomic mass is 19.4. The first-order valence-corrected chi connectivity index (χ1v) is 10.4. The maximum atomic E-state index is 14.1. The van der Waals surface area contributed by atoms with Crippen molar-refractivity contribution in [1.29, 1.82) is 0 Å². The molecule has 0 fully saturated rings. The standard InChI is InChI=1S/C26H22F6O2/c1-14(2)4-24(25(33)34-3)19-6-15(17-8-20(26(30,31)32)12-21(27)9-17)5-16(7-19)18-10-22(28)13-23(29)11-18/h5-14,24H,4H2,1-3H3. The first kappa shape index (κ1) is 25.3. The fourth-order valence-electron chi connectivity index (χ4n) is 3.81. The van der Waals surface area contributed by atoms with E-state index in [2.05, 4.69) is 0 Å². The highest BCUT2D eigenvalue weighted by molar-refractivity contribution is 5.82. The minimum atomic E-state index is -4.78. The normalized spacial score (nSPS) is 12.6. The molecule has 0 aliphatic carbocycles. The molecule has 0 aromatic heterocycles. The number of esters is 1. The number of hydrogen-bond donors (Lipinski definition) is 0. The minimum absolute atomic E-state index is 0.0498. The van der Waals surface area contributed by atoms with Crippen LogP contribution in [0.5, 0.6) is 0 Å². The Labute approximate surface area is 193 Å². The predicted molar refractivity (Wildman–Crippen MR) is 116 cm³/mol. The fourth-order valence-corrected chi connectivity index (χ4v) is 3.81. The monoisotopic (exact) mass is 480 g/mol. The maximum absolute atomic E-state index is 14.1. The summed E-state index contributed by atoms with van der Waals surface area (Å²) in [6.07, 6.45) is -4.43. The van der Waals surface area contributed by atoms with E-state index in [-0.39, 0.29) is 28.2 Å². The molecule has 1 unspecified atom stereocenters. The summed E-state index contributed by atoms with van der Waals surface area (Å²) in [5.41, 5.74) is -0.392. The highest BCUT2D eigenvalue weighted by Crippen LogP contribution is 2.37. The Morgan fingerprint density at radius 3 is 1.71 bits per heavy atom. The molecule has 0 aliphatic heterocycles. The van der Waals surface area contributed by atoms with E-state index in [4.69, 9.17) is 4.74 Å². The molecule has 1 atom stereocenters. The van der Waals surface area contributed by atoms with Crippen LogP contribution < -0.4 is 0 Å². The van der Waals surface area contributed by atoms with Gasteiger partial charge in [0.15, 0.2) is 0 Å². The van der Waals surface area contributed by atoms with Gasteiger partial charge in [-0.1, -0.05) is 26.0 Å². The maximum Gasteiger partial charge on any atom is 0.416 e. The van der Waals surface area contributed by atoms with Crippen LogP contribution in [0.25, 0.3) is 22.3 Å². The fraction of sp³-hybridized carbons (Fsp3) is 0.269. The molecule has 0 heterocycles. The van der Waals surface area contributed by atoms with Crippen molar-refractivity contribution in [3.05, 3.63) is 83.2 Å². The van der Waals surface area contributed by atoms with Crippen molar-refractivity contribution in [3.8, 4) is 22.3 Å². The van der Waals surface area contributed by atoms with Gasteiger partial charge < -0.3 is 4.74 Å². The van der Waals surface area contributed by atoms with Crippen molar-refractivity contribution in [2.45, 2.75) is 32.4 Å². The molecular formula is C26H22F6O2. The molecule has 3 aromatic carbocycles.